The lowest BCUT2D eigenvalue weighted by atomic mass is 10.1. The predicted octanol–water partition coefficient (Wildman–Crippen LogP) is 3.88. The molecule has 158 valence electrons. The van der Waals surface area contributed by atoms with Crippen LogP contribution >= 0.6 is 0 Å². The van der Waals surface area contributed by atoms with E-state index in [-0.39, 0.29) is 6.61 Å². The van der Waals surface area contributed by atoms with Crippen molar-refractivity contribution in [3.63, 3.8) is 0 Å². The number of aliphatic hydroxyl groups is 1. The number of alkyl halides is 3. The number of halogens is 3. The molecule has 3 rings (SSSR count). The van der Waals surface area contributed by atoms with E-state index in [2.05, 4.69) is 4.90 Å². The molecule has 0 amide bonds. The molecule has 1 aliphatic rings. The van der Waals surface area contributed by atoms with Gasteiger partial charge in [-0.05, 0) is 49.2 Å². The molecule has 0 unspecified atom stereocenters. The normalized spacial score (nSPS) is 16.7. The standard InChI is InChI=1S/C22H27F3N2O2/c1-16-5-3-8-21(17(16)2)29-15-20(28)14-26-9-11-27(12-10-26)19-7-4-6-18(13-19)22(23,24)25/h3-8,13,20,28H,9-12,14-15H2,1-2H3/t20-/m0/s1. The maximum Gasteiger partial charge on any atom is 0.416 e. The number of ether oxygens (including phenoxy) is 1. The number of nitrogens with zero attached hydrogens (tertiary/aromatic N) is 2. The Morgan fingerprint density at radius 3 is 2.41 bits per heavy atom. The molecule has 29 heavy (non-hydrogen) atoms. The highest BCUT2D eigenvalue weighted by molar-refractivity contribution is 5.49. The highest BCUT2D eigenvalue weighted by Gasteiger charge is 2.31. The smallest absolute Gasteiger partial charge is 0.416 e. The minimum atomic E-state index is -4.34. The van der Waals surface area contributed by atoms with Gasteiger partial charge in [0.1, 0.15) is 18.5 Å². The largest absolute Gasteiger partial charge is 0.491 e. The number of aryl methyl sites for hydroxylation is 1. The lowest BCUT2D eigenvalue weighted by molar-refractivity contribution is -0.137. The second-order valence-electron chi connectivity index (χ2n) is 7.50. The molecule has 0 saturated carbocycles. The molecule has 0 aromatic heterocycles. The van der Waals surface area contributed by atoms with E-state index in [0.717, 1.165) is 22.9 Å². The molecule has 1 aliphatic heterocycles. The Morgan fingerprint density at radius 1 is 1.03 bits per heavy atom. The molecule has 7 heteroatoms. The lowest BCUT2D eigenvalue weighted by Crippen LogP contribution is -2.49. The van der Waals surface area contributed by atoms with Crippen LogP contribution in [-0.2, 0) is 6.18 Å². The fraction of sp³-hybridized carbons (Fsp3) is 0.455. The zero-order valence-electron chi connectivity index (χ0n) is 16.7. The molecule has 1 heterocycles. The van der Waals surface area contributed by atoms with Gasteiger partial charge in [-0.15, -0.1) is 0 Å². The minimum absolute atomic E-state index is 0.206. The van der Waals surface area contributed by atoms with Crippen LogP contribution in [0.2, 0.25) is 0 Å². The van der Waals surface area contributed by atoms with Crippen LogP contribution < -0.4 is 9.64 Å². The molecule has 0 aliphatic carbocycles. The Bertz CT molecular complexity index is 818. The third-order valence-electron chi connectivity index (χ3n) is 5.37. The van der Waals surface area contributed by atoms with Gasteiger partial charge in [0.05, 0.1) is 5.56 Å². The highest BCUT2D eigenvalue weighted by Crippen LogP contribution is 2.31. The topological polar surface area (TPSA) is 35.9 Å². The van der Waals surface area contributed by atoms with Gasteiger partial charge >= 0.3 is 6.18 Å². The second-order valence-corrected chi connectivity index (χ2v) is 7.50. The van der Waals surface area contributed by atoms with Gasteiger partial charge in [-0.1, -0.05) is 18.2 Å². The second kappa shape index (κ2) is 9.05. The van der Waals surface area contributed by atoms with Gasteiger partial charge in [0.25, 0.3) is 0 Å². The SMILES string of the molecule is Cc1cccc(OC[C@@H](O)CN2CCN(c3cccc(C(F)(F)F)c3)CC2)c1C. The Hall–Kier alpha value is -2.25. The minimum Gasteiger partial charge on any atom is -0.491 e. The number of hydrogen-bond donors (Lipinski definition) is 1. The molecular formula is C22H27F3N2O2. The molecule has 0 spiro atoms. The average Bonchev–Trinajstić information content (AvgIpc) is 2.69. The summed E-state index contributed by atoms with van der Waals surface area (Å²) in [7, 11) is 0. The first kappa shape index (κ1) is 21.5. The summed E-state index contributed by atoms with van der Waals surface area (Å²) in [4.78, 5) is 4.06. The summed E-state index contributed by atoms with van der Waals surface area (Å²) in [6.45, 7) is 7.28. The van der Waals surface area contributed by atoms with Crippen LogP contribution in [0.25, 0.3) is 0 Å². The van der Waals surface area contributed by atoms with Crippen molar-refractivity contribution < 1.29 is 23.0 Å². The fourth-order valence-corrected chi connectivity index (χ4v) is 3.48. The van der Waals surface area contributed by atoms with Gasteiger partial charge in [-0.2, -0.15) is 13.2 Å². The molecule has 0 radical (unpaired) electrons. The lowest BCUT2D eigenvalue weighted by Gasteiger charge is -2.37. The van der Waals surface area contributed by atoms with E-state index in [9.17, 15) is 18.3 Å². The van der Waals surface area contributed by atoms with Gasteiger partial charge < -0.3 is 14.7 Å². The van der Waals surface area contributed by atoms with E-state index in [0.29, 0.717) is 38.4 Å². The maximum absolute atomic E-state index is 12.9. The van der Waals surface area contributed by atoms with E-state index in [1.807, 2.05) is 36.9 Å². The van der Waals surface area contributed by atoms with Gasteiger partial charge in [0.15, 0.2) is 0 Å². The first-order valence-corrected chi connectivity index (χ1v) is 9.75. The number of anilines is 1. The number of benzene rings is 2. The van der Waals surface area contributed by atoms with Crippen LogP contribution in [0.3, 0.4) is 0 Å². The Labute approximate surface area is 169 Å². The van der Waals surface area contributed by atoms with Crippen molar-refractivity contribution in [3.8, 4) is 5.75 Å². The summed E-state index contributed by atoms with van der Waals surface area (Å²) >= 11 is 0. The van der Waals surface area contributed by atoms with Crippen molar-refractivity contribution in [1.82, 2.24) is 4.90 Å². The van der Waals surface area contributed by atoms with Crippen LogP contribution in [0.5, 0.6) is 5.75 Å². The van der Waals surface area contributed by atoms with Crippen LogP contribution in [-0.4, -0.2) is 55.4 Å². The quantitative estimate of drug-likeness (QED) is 0.787. The molecule has 1 saturated heterocycles. The average molecular weight is 408 g/mol. The summed E-state index contributed by atoms with van der Waals surface area (Å²) in [5.74, 6) is 0.776. The van der Waals surface area contributed by atoms with E-state index in [4.69, 9.17) is 4.74 Å². The molecule has 1 N–H and O–H groups in total. The molecule has 1 atom stereocenters. The van der Waals surface area contributed by atoms with E-state index < -0.39 is 17.8 Å². The highest BCUT2D eigenvalue weighted by atomic mass is 19.4. The third kappa shape index (κ3) is 5.64. The fourth-order valence-electron chi connectivity index (χ4n) is 3.48. The molecule has 2 aromatic rings. The van der Waals surface area contributed by atoms with Gasteiger partial charge in [0.2, 0.25) is 0 Å². The Morgan fingerprint density at radius 2 is 1.72 bits per heavy atom. The summed E-state index contributed by atoms with van der Waals surface area (Å²) in [6, 6.07) is 11.3. The van der Waals surface area contributed by atoms with Crippen molar-refractivity contribution >= 4 is 5.69 Å². The summed E-state index contributed by atoms with van der Waals surface area (Å²) < 4.78 is 44.5. The van der Waals surface area contributed by atoms with E-state index in [1.165, 1.54) is 12.1 Å². The van der Waals surface area contributed by atoms with E-state index >= 15 is 0 Å². The zero-order valence-corrected chi connectivity index (χ0v) is 16.7. The van der Waals surface area contributed by atoms with Crippen LogP contribution in [0.4, 0.5) is 18.9 Å². The van der Waals surface area contributed by atoms with Crippen LogP contribution in [0.1, 0.15) is 16.7 Å². The van der Waals surface area contributed by atoms with Gasteiger partial charge in [-0.25, -0.2) is 0 Å². The van der Waals surface area contributed by atoms with Gasteiger partial charge in [-0.3, -0.25) is 4.90 Å². The first-order valence-electron chi connectivity index (χ1n) is 9.75. The molecular weight excluding hydrogens is 381 g/mol. The molecule has 1 fully saturated rings. The zero-order chi connectivity index (χ0) is 21.0. The number of rotatable bonds is 6. The monoisotopic (exact) mass is 408 g/mol. The van der Waals surface area contributed by atoms with Crippen molar-refractivity contribution in [2.75, 3.05) is 44.2 Å². The Kier molecular flexibility index (Phi) is 6.70. The predicted molar refractivity (Wildman–Crippen MR) is 108 cm³/mol. The van der Waals surface area contributed by atoms with Crippen LogP contribution in [0.15, 0.2) is 42.5 Å². The molecule has 0 bridgehead atoms. The van der Waals surface area contributed by atoms with Crippen molar-refractivity contribution in [2.24, 2.45) is 0 Å². The van der Waals surface area contributed by atoms with Crippen LogP contribution in [0, 0.1) is 13.8 Å². The number of hydrogen-bond acceptors (Lipinski definition) is 4. The third-order valence-corrected chi connectivity index (χ3v) is 5.37. The summed E-state index contributed by atoms with van der Waals surface area (Å²) in [5, 5.41) is 10.3. The summed E-state index contributed by atoms with van der Waals surface area (Å²) in [6.07, 6.45) is -4.97. The number of piperazine rings is 1. The van der Waals surface area contributed by atoms with Crippen molar-refractivity contribution in [3.05, 3.63) is 59.2 Å². The van der Waals surface area contributed by atoms with E-state index in [1.54, 1.807) is 6.07 Å². The number of aliphatic hydroxyl groups excluding tert-OH is 1. The first-order chi connectivity index (χ1) is 13.7. The number of β-amino-alcohol motifs (C(OH)–C–C–N with tert-alkyl or cyclic N) is 1. The summed E-state index contributed by atoms with van der Waals surface area (Å²) in [5.41, 5.74) is 2.16. The van der Waals surface area contributed by atoms with Crippen molar-refractivity contribution in [2.45, 2.75) is 26.1 Å². The molecule has 2 aromatic carbocycles. The molecule has 4 nitrogen and oxygen atoms in total. The van der Waals surface area contributed by atoms with Crippen molar-refractivity contribution in [1.29, 1.82) is 0 Å². The van der Waals surface area contributed by atoms with Gasteiger partial charge in [0, 0.05) is 38.4 Å². The Balaban J connectivity index is 1.48. The maximum atomic E-state index is 12.9.